The van der Waals surface area contributed by atoms with Gasteiger partial charge >= 0.3 is 0 Å². The Hall–Kier alpha value is -3.60. The van der Waals surface area contributed by atoms with Crippen molar-refractivity contribution in [2.75, 3.05) is 6.61 Å². The molecular weight excluding hydrogens is 374 g/mol. The monoisotopic (exact) mass is 397 g/mol. The van der Waals surface area contributed by atoms with Crippen molar-refractivity contribution in [2.24, 2.45) is 0 Å². The SMILES string of the molecule is O=C(Cn1c(Cc2ccccc2)nc2ccccc21)N[C@H]1CCOc2ccccc21. The number of rotatable bonds is 5. The second-order valence-electron chi connectivity index (χ2n) is 7.56. The number of imidazole rings is 1. The van der Waals surface area contributed by atoms with Crippen molar-refractivity contribution in [3.8, 4) is 5.75 Å². The molecule has 0 saturated heterocycles. The van der Waals surface area contributed by atoms with Crippen molar-refractivity contribution in [2.45, 2.75) is 25.4 Å². The maximum absolute atomic E-state index is 13.0. The van der Waals surface area contributed by atoms with Gasteiger partial charge < -0.3 is 14.6 Å². The molecule has 0 radical (unpaired) electrons. The number of nitrogens with zero attached hydrogens (tertiary/aromatic N) is 2. The van der Waals surface area contributed by atoms with Crippen molar-refractivity contribution in [1.82, 2.24) is 14.9 Å². The van der Waals surface area contributed by atoms with Crippen LogP contribution in [0.2, 0.25) is 0 Å². The number of hydrogen-bond acceptors (Lipinski definition) is 3. The average molecular weight is 397 g/mol. The van der Waals surface area contributed by atoms with Crippen LogP contribution in [0.25, 0.3) is 11.0 Å². The molecule has 1 atom stereocenters. The van der Waals surface area contributed by atoms with E-state index < -0.39 is 0 Å². The minimum Gasteiger partial charge on any atom is -0.493 e. The molecule has 3 aromatic carbocycles. The van der Waals surface area contributed by atoms with E-state index in [-0.39, 0.29) is 18.5 Å². The first kappa shape index (κ1) is 18.4. The fourth-order valence-corrected chi connectivity index (χ4v) is 4.09. The standard InChI is InChI=1S/C25H23N3O2/c29-25(27-20-14-15-30-23-13-7-4-10-19(20)23)17-28-22-12-6-5-11-21(22)26-24(28)16-18-8-2-1-3-9-18/h1-13,20H,14-17H2,(H,27,29)/t20-/m0/s1. The van der Waals surface area contributed by atoms with E-state index in [2.05, 4.69) is 17.4 Å². The van der Waals surface area contributed by atoms with Crippen LogP contribution in [0.15, 0.2) is 78.9 Å². The molecule has 0 aliphatic carbocycles. The molecule has 2 heterocycles. The van der Waals surface area contributed by atoms with Gasteiger partial charge in [-0.3, -0.25) is 4.79 Å². The summed E-state index contributed by atoms with van der Waals surface area (Å²) in [5.41, 5.74) is 4.10. The fraction of sp³-hybridized carbons (Fsp3) is 0.200. The molecule has 5 heteroatoms. The topological polar surface area (TPSA) is 56.2 Å². The average Bonchev–Trinajstić information content (AvgIpc) is 3.11. The van der Waals surface area contributed by atoms with E-state index in [0.29, 0.717) is 13.0 Å². The van der Waals surface area contributed by atoms with E-state index >= 15 is 0 Å². The molecule has 30 heavy (non-hydrogen) atoms. The van der Waals surface area contributed by atoms with Crippen LogP contribution in [0.1, 0.15) is 29.4 Å². The van der Waals surface area contributed by atoms with Crippen molar-refractivity contribution >= 4 is 16.9 Å². The van der Waals surface area contributed by atoms with Crippen LogP contribution in [0, 0.1) is 0 Å². The number of nitrogens with one attached hydrogen (secondary N) is 1. The number of amides is 1. The van der Waals surface area contributed by atoms with Gasteiger partial charge in [-0.15, -0.1) is 0 Å². The zero-order chi connectivity index (χ0) is 20.3. The van der Waals surface area contributed by atoms with Crippen LogP contribution < -0.4 is 10.1 Å². The zero-order valence-electron chi connectivity index (χ0n) is 16.6. The first-order valence-electron chi connectivity index (χ1n) is 10.3. The molecule has 1 N–H and O–H groups in total. The van der Waals surface area contributed by atoms with Crippen molar-refractivity contribution in [3.63, 3.8) is 0 Å². The summed E-state index contributed by atoms with van der Waals surface area (Å²) in [4.78, 5) is 17.8. The Labute approximate surface area is 175 Å². The molecule has 1 aromatic heterocycles. The Kier molecular flexibility index (Phi) is 4.93. The number of carbonyl (C=O) groups is 1. The first-order valence-corrected chi connectivity index (χ1v) is 10.3. The number of ether oxygens (including phenoxy) is 1. The summed E-state index contributed by atoms with van der Waals surface area (Å²) >= 11 is 0. The summed E-state index contributed by atoms with van der Waals surface area (Å²) in [6, 6.07) is 26.1. The minimum absolute atomic E-state index is 0.0193. The number of aromatic nitrogens is 2. The summed E-state index contributed by atoms with van der Waals surface area (Å²) < 4.78 is 7.75. The Bertz CT molecular complexity index is 1180. The van der Waals surface area contributed by atoms with Gasteiger partial charge in [0.2, 0.25) is 5.91 Å². The molecule has 5 rings (SSSR count). The van der Waals surface area contributed by atoms with Gasteiger partial charge in [0.25, 0.3) is 0 Å². The molecule has 1 aliphatic heterocycles. The molecule has 1 amide bonds. The van der Waals surface area contributed by atoms with Gasteiger partial charge in [0.05, 0.1) is 23.7 Å². The third-order valence-electron chi connectivity index (χ3n) is 5.53. The maximum atomic E-state index is 13.0. The highest BCUT2D eigenvalue weighted by Crippen LogP contribution is 2.31. The minimum atomic E-state index is -0.0326. The molecule has 0 saturated carbocycles. The molecule has 4 aromatic rings. The second-order valence-corrected chi connectivity index (χ2v) is 7.56. The van der Waals surface area contributed by atoms with Gasteiger partial charge in [-0.25, -0.2) is 4.98 Å². The van der Waals surface area contributed by atoms with Crippen molar-refractivity contribution in [1.29, 1.82) is 0 Å². The fourth-order valence-electron chi connectivity index (χ4n) is 4.09. The number of para-hydroxylation sites is 3. The number of hydrogen-bond donors (Lipinski definition) is 1. The molecule has 0 bridgehead atoms. The lowest BCUT2D eigenvalue weighted by atomic mass is 10.0. The maximum Gasteiger partial charge on any atom is 0.240 e. The van der Waals surface area contributed by atoms with Gasteiger partial charge in [-0.05, 0) is 23.8 Å². The highest BCUT2D eigenvalue weighted by Gasteiger charge is 2.23. The third kappa shape index (κ3) is 3.66. The molecule has 5 nitrogen and oxygen atoms in total. The lowest BCUT2D eigenvalue weighted by Gasteiger charge is -2.26. The molecule has 1 aliphatic rings. The smallest absolute Gasteiger partial charge is 0.240 e. The Morgan fingerprint density at radius 3 is 2.67 bits per heavy atom. The van der Waals surface area contributed by atoms with E-state index in [0.717, 1.165) is 34.6 Å². The zero-order valence-corrected chi connectivity index (χ0v) is 16.6. The molecule has 0 fully saturated rings. The molecule has 0 unspecified atom stereocenters. The Balaban J connectivity index is 1.41. The van der Waals surface area contributed by atoms with Crippen LogP contribution in [0.4, 0.5) is 0 Å². The highest BCUT2D eigenvalue weighted by molar-refractivity contribution is 5.81. The van der Waals surface area contributed by atoms with E-state index in [4.69, 9.17) is 9.72 Å². The lowest BCUT2D eigenvalue weighted by Crippen LogP contribution is -2.34. The van der Waals surface area contributed by atoms with Crippen molar-refractivity contribution in [3.05, 3.63) is 95.8 Å². The third-order valence-corrected chi connectivity index (χ3v) is 5.53. The summed E-state index contributed by atoms with van der Waals surface area (Å²) in [7, 11) is 0. The summed E-state index contributed by atoms with van der Waals surface area (Å²) in [5.74, 6) is 1.73. The van der Waals surface area contributed by atoms with Crippen LogP contribution in [0.3, 0.4) is 0 Å². The van der Waals surface area contributed by atoms with E-state index in [1.807, 2.05) is 71.3 Å². The van der Waals surface area contributed by atoms with E-state index in [1.165, 1.54) is 5.56 Å². The second kappa shape index (κ2) is 8.03. The molecule has 0 spiro atoms. The van der Waals surface area contributed by atoms with Gasteiger partial charge in [-0.2, -0.15) is 0 Å². The van der Waals surface area contributed by atoms with E-state index in [1.54, 1.807) is 0 Å². The highest BCUT2D eigenvalue weighted by atomic mass is 16.5. The van der Waals surface area contributed by atoms with Crippen LogP contribution in [-0.4, -0.2) is 22.1 Å². The first-order chi connectivity index (χ1) is 14.8. The quantitative estimate of drug-likeness (QED) is 0.547. The molecular formula is C25H23N3O2. The number of carbonyl (C=O) groups excluding carboxylic acids is 1. The summed E-state index contributed by atoms with van der Waals surface area (Å²) in [6.07, 6.45) is 1.45. The Morgan fingerprint density at radius 1 is 1.00 bits per heavy atom. The van der Waals surface area contributed by atoms with Crippen LogP contribution in [0.5, 0.6) is 5.75 Å². The summed E-state index contributed by atoms with van der Waals surface area (Å²) in [5, 5.41) is 3.20. The molecule has 150 valence electrons. The predicted octanol–water partition coefficient (Wildman–Crippen LogP) is 4.27. The van der Waals surface area contributed by atoms with Crippen molar-refractivity contribution < 1.29 is 9.53 Å². The Morgan fingerprint density at radius 2 is 1.77 bits per heavy atom. The normalized spacial score (nSPS) is 15.4. The lowest BCUT2D eigenvalue weighted by molar-refractivity contribution is -0.122. The van der Waals surface area contributed by atoms with Gasteiger partial charge in [0, 0.05) is 18.4 Å². The number of fused-ring (bicyclic) bond motifs is 2. The van der Waals surface area contributed by atoms with E-state index in [9.17, 15) is 4.79 Å². The van der Waals surface area contributed by atoms with Crippen LogP contribution >= 0.6 is 0 Å². The van der Waals surface area contributed by atoms with Gasteiger partial charge in [0.1, 0.15) is 18.1 Å². The number of benzene rings is 3. The summed E-state index contributed by atoms with van der Waals surface area (Å²) in [6.45, 7) is 0.845. The largest absolute Gasteiger partial charge is 0.493 e. The van der Waals surface area contributed by atoms with Gasteiger partial charge in [0.15, 0.2) is 0 Å². The predicted molar refractivity (Wildman–Crippen MR) is 116 cm³/mol. The van der Waals surface area contributed by atoms with Crippen LogP contribution in [-0.2, 0) is 17.8 Å². The van der Waals surface area contributed by atoms with Gasteiger partial charge in [-0.1, -0.05) is 60.7 Å².